The number of benzene rings is 3. The Morgan fingerprint density at radius 1 is 0.750 bits per heavy atom. The molecule has 0 bridgehead atoms. The molecule has 28 heavy (non-hydrogen) atoms. The van der Waals surface area contributed by atoms with E-state index in [1.807, 2.05) is 91.0 Å². The third-order valence-corrected chi connectivity index (χ3v) is 7.74. The number of aromatic nitrogens is 2. The van der Waals surface area contributed by atoms with Gasteiger partial charge >= 0.3 is 0 Å². The van der Waals surface area contributed by atoms with Crippen LogP contribution >= 0.6 is 7.14 Å². The second-order valence-corrected chi connectivity index (χ2v) is 9.22. The zero-order valence-electron chi connectivity index (χ0n) is 15.4. The maximum atomic E-state index is 14.5. The summed E-state index contributed by atoms with van der Waals surface area (Å²) in [5, 5.41) is 5.91. The first-order valence-electron chi connectivity index (χ1n) is 8.96. The number of nitrogens with zero attached hydrogens (tertiary/aromatic N) is 2. The highest BCUT2D eigenvalue weighted by Crippen LogP contribution is 2.41. The second-order valence-electron chi connectivity index (χ2n) is 6.49. The first-order chi connectivity index (χ1) is 13.6. The predicted molar refractivity (Wildman–Crippen MR) is 114 cm³/mol. The van der Waals surface area contributed by atoms with Gasteiger partial charge in [0.1, 0.15) is 0 Å². The summed E-state index contributed by atoms with van der Waals surface area (Å²) in [6, 6.07) is 29.6. The fraction of sp³-hybridized carbons (Fsp3) is 0.0435. The summed E-state index contributed by atoms with van der Waals surface area (Å²) < 4.78 is 15.8. The Hall–Kier alpha value is -3.23. The molecular formula is C23H19N2O2P. The number of aryl methyl sites for hydroxylation is 1. The third-order valence-electron chi connectivity index (χ3n) is 4.69. The Kier molecular flexibility index (Phi) is 4.81. The lowest BCUT2D eigenvalue weighted by molar-refractivity contribution is 0.591. The Balaban J connectivity index is 2.05. The van der Waals surface area contributed by atoms with Crippen LogP contribution in [0, 0.1) is 0 Å². The van der Waals surface area contributed by atoms with E-state index in [0.717, 1.165) is 5.56 Å². The van der Waals surface area contributed by atoms with Crippen molar-refractivity contribution < 1.29 is 4.57 Å². The molecule has 0 N–H and O–H groups in total. The van der Waals surface area contributed by atoms with Crippen molar-refractivity contribution in [3.8, 4) is 11.3 Å². The van der Waals surface area contributed by atoms with Crippen LogP contribution in [-0.2, 0) is 11.6 Å². The van der Waals surface area contributed by atoms with Gasteiger partial charge in [-0.15, -0.1) is 0 Å². The van der Waals surface area contributed by atoms with Crippen LogP contribution in [0.25, 0.3) is 11.3 Å². The molecule has 0 spiro atoms. The van der Waals surface area contributed by atoms with Crippen molar-refractivity contribution in [2.75, 3.05) is 0 Å². The highest BCUT2D eigenvalue weighted by atomic mass is 31.2. The van der Waals surface area contributed by atoms with Crippen molar-refractivity contribution in [1.82, 2.24) is 9.78 Å². The molecule has 5 heteroatoms. The molecular weight excluding hydrogens is 367 g/mol. The van der Waals surface area contributed by atoms with Crippen molar-refractivity contribution >= 4 is 23.1 Å². The van der Waals surface area contributed by atoms with Gasteiger partial charge in [0, 0.05) is 23.2 Å². The van der Waals surface area contributed by atoms with Gasteiger partial charge < -0.3 is 4.57 Å². The van der Waals surface area contributed by atoms with E-state index in [1.165, 1.54) is 4.68 Å². The molecule has 0 radical (unpaired) electrons. The number of hydrogen-bond donors (Lipinski definition) is 0. The van der Waals surface area contributed by atoms with E-state index in [2.05, 4.69) is 5.10 Å². The van der Waals surface area contributed by atoms with E-state index in [4.69, 9.17) is 0 Å². The molecule has 0 fully saturated rings. The summed E-state index contributed by atoms with van der Waals surface area (Å²) in [5.74, 6) is 0. The van der Waals surface area contributed by atoms with Crippen LogP contribution in [0.2, 0.25) is 0 Å². The van der Waals surface area contributed by atoms with Gasteiger partial charge in [-0.2, -0.15) is 5.10 Å². The van der Waals surface area contributed by atoms with Gasteiger partial charge in [-0.25, -0.2) is 4.68 Å². The molecule has 0 aliphatic heterocycles. The summed E-state index contributed by atoms with van der Waals surface area (Å²) in [7, 11) is -1.77. The van der Waals surface area contributed by atoms with Crippen molar-refractivity contribution in [2.45, 2.75) is 0 Å². The number of rotatable bonds is 4. The van der Waals surface area contributed by atoms with E-state index in [9.17, 15) is 9.36 Å². The fourth-order valence-corrected chi connectivity index (χ4v) is 6.03. The maximum Gasteiger partial charge on any atom is 0.277 e. The molecule has 0 aliphatic carbocycles. The minimum Gasteiger partial charge on any atom is -0.308 e. The SMILES string of the molecule is Cn1nc(-c2ccccc2)cc(P(=O)(c2ccccc2)c2ccccc2)c1=O. The molecule has 0 saturated heterocycles. The molecule has 4 aromatic rings. The zero-order valence-corrected chi connectivity index (χ0v) is 16.3. The minimum atomic E-state index is -3.36. The molecule has 0 amide bonds. The van der Waals surface area contributed by atoms with Crippen LogP contribution in [0.5, 0.6) is 0 Å². The zero-order chi connectivity index (χ0) is 19.6. The number of hydrogen-bond acceptors (Lipinski definition) is 3. The van der Waals surface area contributed by atoms with E-state index in [-0.39, 0.29) is 10.9 Å². The molecule has 1 heterocycles. The molecule has 0 saturated carbocycles. The topological polar surface area (TPSA) is 52.0 Å². The lowest BCUT2D eigenvalue weighted by Crippen LogP contribution is -2.40. The van der Waals surface area contributed by atoms with Crippen LogP contribution in [0.1, 0.15) is 0 Å². The van der Waals surface area contributed by atoms with Gasteiger partial charge in [0.15, 0.2) is 7.14 Å². The van der Waals surface area contributed by atoms with Gasteiger partial charge in [-0.05, 0) is 6.07 Å². The van der Waals surface area contributed by atoms with Gasteiger partial charge in [0.25, 0.3) is 5.56 Å². The van der Waals surface area contributed by atoms with Crippen LogP contribution in [0.4, 0.5) is 0 Å². The van der Waals surface area contributed by atoms with Crippen molar-refractivity contribution in [1.29, 1.82) is 0 Å². The molecule has 4 rings (SSSR count). The van der Waals surface area contributed by atoms with Crippen molar-refractivity contribution in [2.24, 2.45) is 7.05 Å². The van der Waals surface area contributed by atoms with E-state index < -0.39 is 7.14 Å². The Bertz CT molecular complexity index is 1160. The van der Waals surface area contributed by atoms with Gasteiger partial charge in [0.2, 0.25) is 0 Å². The molecule has 4 nitrogen and oxygen atoms in total. The fourth-order valence-electron chi connectivity index (χ4n) is 3.27. The average Bonchev–Trinajstić information content (AvgIpc) is 2.77. The summed E-state index contributed by atoms with van der Waals surface area (Å²) >= 11 is 0. The molecule has 138 valence electrons. The Morgan fingerprint density at radius 2 is 1.21 bits per heavy atom. The van der Waals surface area contributed by atoms with Crippen LogP contribution in [-0.4, -0.2) is 9.78 Å². The van der Waals surface area contributed by atoms with Crippen molar-refractivity contribution in [3.63, 3.8) is 0 Å². The van der Waals surface area contributed by atoms with Crippen molar-refractivity contribution in [3.05, 3.63) is 107 Å². The first-order valence-corrected chi connectivity index (χ1v) is 10.7. The van der Waals surface area contributed by atoms with E-state index in [0.29, 0.717) is 16.3 Å². The average molecular weight is 386 g/mol. The van der Waals surface area contributed by atoms with E-state index in [1.54, 1.807) is 13.1 Å². The smallest absolute Gasteiger partial charge is 0.277 e. The largest absolute Gasteiger partial charge is 0.308 e. The summed E-state index contributed by atoms with van der Waals surface area (Å²) in [6.45, 7) is 0. The third kappa shape index (κ3) is 3.12. The summed E-state index contributed by atoms with van der Waals surface area (Å²) in [6.07, 6.45) is 0. The highest BCUT2D eigenvalue weighted by molar-refractivity contribution is 7.85. The molecule has 0 aliphatic rings. The quantitative estimate of drug-likeness (QED) is 0.507. The Labute approximate surface area is 163 Å². The lowest BCUT2D eigenvalue weighted by atomic mass is 10.1. The maximum absolute atomic E-state index is 14.5. The van der Waals surface area contributed by atoms with E-state index >= 15 is 0 Å². The monoisotopic (exact) mass is 386 g/mol. The van der Waals surface area contributed by atoms with Gasteiger partial charge in [-0.1, -0.05) is 91.0 Å². The molecule has 1 aromatic heterocycles. The highest BCUT2D eigenvalue weighted by Gasteiger charge is 2.33. The first kappa shape index (κ1) is 18.1. The lowest BCUT2D eigenvalue weighted by Gasteiger charge is -2.20. The molecule has 3 aromatic carbocycles. The molecule has 0 unspecified atom stereocenters. The Morgan fingerprint density at radius 3 is 1.71 bits per heavy atom. The van der Waals surface area contributed by atoms with Crippen LogP contribution in [0.3, 0.4) is 0 Å². The summed E-state index contributed by atoms with van der Waals surface area (Å²) in [5.41, 5.74) is 1.13. The summed E-state index contributed by atoms with van der Waals surface area (Å²) in [4.78, 5) is 13.1. The van der Waals surface area contributed by atoms with Crippen LogP contribution in [0.15, 0.2) is 102 Å². The standard InChI is InChI=1S/C23H19N2O2P/c1-25-23(26)22(17-21(24-25)18-11-5-2-6-12-18)28(27,19-13-7-3-8-14-19)20-15-9-4-10-16-20/h2-17H,1H3. The predicted octanol–water partition coefficient (Wildman–Crippen LogP) is 3.09. The molecule has 0 atom stereocenters. The van der Waals surface area contributed by atoms with Gasteiger partial charge in [-0.3, -0.25) is 4.79 Å². The normalized spacial score (nSPS) is 11.3. The second kappa shape index (κ2) is 7.41. The minimum absolute atomic E-state index is 0.265. The van der Waals surface area contributed by atoms with Gasteiger partial charge in [0.05, 0.1) is 11.0 Å². The van der Waals surface area contributed by atoms with Crippen LogP contribution < -0.4 is 21.5 Å².